The Morgan fingerprint density at radius 1 is 1.17 bits per heavy atom. The predicted molar refractivity (Wildman–Crippen MR) is 107 cm³/mol. The topological polar surface area (TPSA) is 93.8 Å². The SMILES string of the molecule is Cc1cnn(CCC(=O)N[C@H]2Cc3c(C(=O)NCc4ccccc4)cnn3C2)c1. The van der Waals surface area contributed by atoms with Gasteiger partial charge in [-0.1, -0.05) is 30.3 Å². The Kier molecular flexibility index (Phi) is 5.41. The maximum atomic E-state index is 12.6. The minimum absolute atomic E-state index is 0.0241. The van der Waals surface area contributed by atoms with E-state index >= 15 is 0 Å². The first kappa shape index (κ1) is 18.9. The third-order valence-corrected chi connectivity index (χ3v) is 5.02. The molecular formula is C21H24N6O2. The number of nitrogens with one attached hydrogen (secondary N) is 2. The highest BCUT2D eigenvalue weighted by atomic mass is 16.2. The Morgan fingerprint density at radius 3 is 2.76 bits per heavy atom. The summed E-state index contributed by atoms with van der Waals surface area (Å²) in [5.74, 6) is -0.167. The Bertz CT molecular complexity index is 1010. The number of amides is 2. The number of fused-ring (bicyclic) bond motifs is 1. The lowest BCUT2D eigenvalue weighted by atomic mass is 10.1. The maximum Gasteiger partial charge on any atom is 0.255 e. The van der Waals surface area contributed by atoms with Crippen molar-refractivity contribution in [3.63, 3.8) is 0 Å². The van der Waals surface area contributed by atoms with Crippen molar-refractivity contribution < 1.29 is 9.59 Å². The summed E-state index contributed by atoms with van der Waals surface area (Å²) in [6.45, 7) is 3.56. The van der Waals surface area contributed by atoms with Crippen LogP contribution in [0.2, 0.25) is 0 Å². The third kappa shape index (κ3) is 4.53. The lowest BCUT2D eigenvalue weighted by molar-refractivity contribution is -0.122. The zero-order valence-electron chi connectivity index (χ0n) is 16.3. The van der Waals surface area contributed by atoms with E-state index in [4.69, 9.17) is 0 Å². The Hall–Kier alpha value is -3.42. The highest BCUT2D eigenvalue weighted by molar-refractivity contribution is 5.95. The van der Waals surface area contributed by atoms with Gasteiger partial charge in [-0.25, -0.2) is 0 Å². The molecule has 0 aliphatic carbocycles. The largest absolute Gasteiger partial charge is 0.351 e. The van der Waals surface area contributed by atoms with Crippen LogP contribution in [0.3, 0.4) is 0 Å². The summed E-state index contributed by atoms with van der Waals surface area (Å²) >= 11 is 0. The van der Waals surface area contributed by atoms with Crippen LogP contribution in [0.5, 0.6) is 0 Å². The van der Waals surface area contributed by atoms with Gasteiger partial charge in [0, 0.05) is 32.1 Å². The minimum atomic E-state index is -0.142. The van der Waals surface area contributed by atoms with Gasteiger partial charge in [-0.2, -0.15) is 10.2 Å². The lowest BCUT2D eigenvalue weighted by Crippen LogP contribution is -2.36. The van der Waals surface area contributed by atoms with E-state index in [9.17, 15) is 9.59 Å². The van der Waals surface area contributed by atoms with E-state index < -0.39 is 0 Å². The average Bonchev–Trinajstić information content (AvgIpc) is 3.41. The molecule has 1 aromatic carbocycles. The summed E-state index contributed by atoms with van der Waals surface area (Å²) in [6, 6.07) is 9.73. The van der Waals surface area contributed by atoms with Gasteiger partial charge in [0.1, 0.15) is 0 Å². The van der Waals surface area contributed by atoms with Crippen LogP contribution >= 0.6 is 0 Å². The fraction of sp³-hybridized carbons (Fsp3) is 0.333. The normalized spacial score (nSPS) is 15.1. The molecule has 0 bridgehead atoms. The minimum Gasteiger partial charge on any atom is -0.351 e. The molecule has 8 nitrogen and oxygen atoms in total. The Morgan fingerprint density at radius 2 is 2.00 bits per heavy atom. The molecule has 0 spiro atoms. The number of carbonyl (C=O) groups is 2. The van der Waals surface area contributed by atoms with Crippen molar-refractivity contribution >= 4 is 11.8 Å². The van der Waals surface area contributed by atoms with Gasteiger partial charge < -0.3 is 10.6 Å². The van der Waals surface area contributed by atoms with Crippen molar-refractivity contribution in [1.82, 2.24) is 30.2 Å². The molecule has 0 saturated heterocycles. The van der Waals surface area contributed by atoms with Crippen LogP contribution in [-0.2, 0) is 30.8 Å². The Labute approximate surface area is 168 Å². The van der Waals surface area contributed by atoms with Crippen LogP contribution in [0.25, 0.3) is 0 Å². The number of carbonyl (C=O) groups excluding carboxylic acids is 2. The molecule has 0 radical (unpaired) electrons. The molecule has 2 amide bonds. The van der Waals surface area contributed by atoms with Gasteiger partial charge in [-0.3, -0.25) is 19.0 Å². The van der Waals surface area contributed by atoms with Crippen LogP contribution < -0.4 is 10.6 Å². The van der Waals surface area contributed by atoms with Gasteiger partial charge in [0.15, 0.2) is 0 Å². The van der Waals surface area contributed by atoms with E-state index in [1.807, 2.05) is 43.5 Å². The van der Waals surface area contributed by atoms with Gasteiger partial charge in [-0.05, 0) is 18.1 Å². The monoisotopic (exact) mass is 392 g/mol. The second-order valence-electron chi connectivity index (χ2n) is 7.35. The first-order valence-electron chi connectivity index (χ1n) is 9.74. The second kappa shape index (κ2) is 8.30. The molecule has 0 unspecified atom stereocenters. The Balaban J connectivity index is 1.29. The van der Waals surface area contributed by atoms with Crippen molar-refractivity contribution in [1.29, 1.82) is 0 Å². The van der Waals surface area contributed by atoms with E-state index in [2.05, 4.69) is 20.8 Å². The van der Waals surface area contributed by atoms with Crippen LogP contribution in [0.1, 0.15) is 33.6 Å². The standard InChI is InChI=1S/C21H24N6O2/c1-15-10-23-26(13-15)8-7-20(28)25-17-9-19-18(12-24-27(19)14-17)21(29)22-11-16-5-3-2-4-6-16/h2-6,10,12-13,17H,7-9,11,14H2,1H3,(H,22,29)(H,25,28)/t17-/m0/s1. The van der Waals surface area contributed by atoms with E-state index in [0.29, 0.717) is 38.0 Å². The van der Waals surface area contributed by atoms with E-state index in [-0.39, 0.29) is 17.9 Å². The molecule has 0 fully saturated rings. The molecule has 1 aliphatic rings. The van der Waals surface area contributed by atoms with Crippen molar-refractivity contribution in [3.8, 4) is 0 Å². The molecule has 150 valence electrons. The number of rotatable bonds is 7. The highest BCUT2D eigenvalue weighted by Crippen LogP contribution is 2.19. The van der Waals surface area contributed by atoms with Crippen molar-refractivity contribution in [2.24, 2.45) is 0 Å². The summed E-state index contributed by atoms with van der Waals surface area (Å²) in [5.41, 5.74) is 3.56. The van der Waals surface area contributed by atoms with Crippen LogP contribution in [0, 0.1) is 6.92 Å². The van der Waals surface area contributed by atoms with E-state index in [0.717, 1.165) is 16.8 Å². The molecule has 29 heavy (non-hydrogen) atoms. The van der Waals surface area contributed by atoms with Crippen LogP contribution in [-0.4, -0.2) is 37.4 Å². The average molecular weight is 392 g/mol. The summed E-state index contributed by atoms with van der Waals surface area (Å²) in [6.07, 6.45) is 6.26. The molecule has 2 N–H and O–H groups in total. The molecule has 1 atom stereocenters. The van der Waals surface area contributed by atoms with Crippen LogP contribution in [0.15, 0.2) is 48.9 Å². The molecule has 4 rings (SSSR count). The van der Waals surface area contributed by atoms with Gasteiger partial charge in [0.2, 0.25) is 5.91 Å². The van der Waals surface area contributed by atoms with E-state index in [1.54, 1.807) is 21.8 Å². The summed E-state index contributed by atoms with van der Waals surface area (Å²) in [7, 11) is 0. The van der Waals surface area contributed by atoms with Gasteiger partial charge in [0.25, 0.3) is 5.91 Å². The molecule has 3 heterocycles. The lowest BCUT2D eigenvalue weighted by Gasteiger charge is -2.12. The number of aryl methyl sites for hydroxylation is 2. The molecular weight excluding hydrogens is 368 g/mol. The highest BCUT2D eigenvalue weighted by Gasteiger charge is 2.28. The zero-order chi connectivity index (χ0) is 20.2. The second-order valence-corrected chi connectivity index (χ2v) is 7.35. The number of aromatic nitrogens is 4. The fourth-order valence-corrected chi connectivity index (χ4v) is 3.55. The molecule has 3 aromatic rings. The first-order valence-corrected chi connectivity index (χ1v) is 9.74. The summed E-state index contributed by atoms with van der Waals surface area (Å²) in [5, 5.41) is 14.5. The third-order valence-electron chi connectivity index (χ3n) is 5.02. The van der Waals surface area contributed by atoms with Crippen molar-refractivity contribution in [2.75, 3.05) is 0 Å². The van der Waals surface area contributed by atoms with Crippen molar-refractivity contribution in [3.05, 3.63) is 71.3 Å². The van der Waals surface area contributed by atoms with Crippen molar-refractivity contribution in [2.45, 2.75) is 45.4 Å². The maximum absolute atomic E-state index is 12.6. The van der Waals surface area contributed by atoms with Crippen LogP contribution in [0.4, 0.5) is 0 Å². The summed E-state index contributed by atoms with van der Waals surface area (Å²) in [4.78, 5) is 24.8. The number of benzene rings is 1. The number of hydrogen-bond donors (Lipinski definition) is 2. The number of nitrogens with zero attached hydrogens (tertiary/aromatic N) is 4. The smallest absolute Gasteiger partial charge is 0.255 e. The van der Waals surface area contributed by atoms with Gasteiger partial charge in [0.05, 0.1) is 36.2 Å². The fourth-order valence-electron chi connectivity index (χ4n) is 3.55. The summed E-state index contributed by atoms with van der Waals surface area (Å²) < 4.78 is 3.57. The molecule has 1 aliphatic heterocycles. The molecule has 0 saturated carbocycles. The van der Waals surface area contributed by atoms with E-state index in [1.165, 1.54) is 0 Å². The quantitative estimate of drug-likeness (QED) is 0.636. The molecule has 8 heteroatoms. The first-order chi connectivity index (χ1) is 14.1. The van der Waals surface area contributed by atoms with Gasteiger partial charge >= 0.3 is 0 Å². The molecule has 2 aromatic heterocycles. The predicted octanol–water partition coefficient (Wildman–Crippen LogP) is 1.45. The van der Waals surface area contributed by atoms with Gasteiger partial charge in [-0.15, -0.1) is 0 Å². The number of hydrogen-bond acceptors (Lipinski definition) is 4. The zero-order valence-corrected chi connectivity index (χ0v) is 16.3.